The van der Waals surface area contributed by atoms with Gasteiger partial charge in [0, 0.05) is 19.0 Å². The molecule has 0 saturated carbocycles. The summed E-state index contributed by atoms with van der Waals surface area (Å²) in [7, 11) is 0.522. The van der Waals surface area contributed by atoms with Crippen LogP contribution in [0.1, 0.15) is 28.3 Å². The lowest BCUT2D eigenvalue weighted by Crippen LogP contribution is -2.35. The summed E-state index contributed by atoms with van der Waals surface area (Å²) in [5.41, 5.74) is 4.15. The first kappa shape index (κ1) is 18.9. The van der Waals surface area contributed by atoms with Gasteiger partial charge >= 0.3 is 0 Å². The van der Waals surface area contributed by atoms with E-state index < -0.39 is 10.0 Å². The number of rotatable bonds is 7. The minimum atomic E-state index is -3.40. The Kier molecular flexibility index (Phi) is 5.65. The Bertz CT molecular complexity index is 878. The molecule has 1 aliphatic heterocycles. The van der Waals surface area contributed by atoms with Crippen molar-refractivity contribution in [3.8, 4) is 5.75 Å². The Balaban J connectivity index is 1.70. The Morgan fingerprint density at radius 3 is 2.73 bits per heavy atom. The lowest BCUT2D eigenvalue weighted by molar-refractivity contribution is 0.299. The zero-order valence-electron chi connectivity index (χ0n) is 15.5. The average molecular weight is 375 g/mol. The van der Waals surface area contributed by atoms with Gasteiger partial charge in [-0.3, -0.25) is 0 Å². The van der Waals surface area contributed by atoms with E-state index in [1.165, 1.54) is 5.56 Å². The van der Waals surface area contributed by atoms with Crippen molar-refractivity contribution in [1.29, 1.82) is 0 Å². The quantitative estimate of drug-likeness (QED) is 0.809. The summed E-state index contributed by atoms with van der Waals surface area (Å²) in [4.78, 5) is 2.03. The van der Waals surface area contributed by atoms with E-state index in [2.05, 4.69) is 10.8 Å². The number of nitrogens with one attached hydrogen (secondary N) is 1. The van der Waals surface area contributed by atoms with Crippen LogP contribution in [0.3, 0.4) is 0 Å². The second-order valence-electron chi connectivity index (χ2n) is 7.04. The topological polar surface area (TPSA) is 58.6 Å². The van der Waals surface area contributed by atoms with Crippen LogP contribution >= 0.6 is 0 Å². The van der Waals surface area contributed by atoms with Crippen LogP contribution in [0, 0.1) is 6.92 Å². The van der Waals surface area contributed by atoms with E-state index in [-0.39, 0.29) is 11.8 Å². The molecule has 0 aromatic heterocycles. The maximum Gasteiger partial charge on any atom is 0.215 e. The Labute approximate surface area is 156 Å². The number of aryl methyl sites for hydroxylation is 1. The average Bonchev–Trinajstić information content (AvgIpc) is 3.02. The molecule has 0 aliphatic carbocycles. The molecule has 1 N–H and O–H groups in total. The van der Waals surface area contributed by atoms with E-state index in [0.717, 1.165) is 28.9 Å². The summed E-state index contributed by atoms with van der Waals surface area (Å²) in [6.45, 7) is 3.01. The SMILES string of the molecule is Cc1cccc(CS(=O)(=O)NCC(c2ccc3c(c2)CCO3)N(C)C)c1. The van der Waals surface area contributed by atoms with Crippen LogP contribution in [0.15, 0.2) is 42.5 Å². The van der Waals surface area contributed by atoms with Gasteiger partial charge in [0.2, 0.25) is 10.0 Å². The first-order valence-corrected chi connectivity index (χ1v) is 10.4. The van der Waals surface area contributed by atoms with Crippen LogP contribution in [-0.2, 0) is 22.2 Å². The van der Waals surface area contributed by atoms with E-state index in [9.17, 15) is 8.42 Å². The van der Waals surface area contributed by atoms with Gasteiger partial charge in [-0.05, 0) is 43.8 Å². The third kappa shape index (κ3) is 4.63. The first-order valence-electron chi connectivity index (χ1n) is 8.79. The van der Waals surface area contributed by atoms with Crippen LogP contribution in [-0.4, -0.2) is 40.6 Å². The van der Waals surface area contributed by atoms with Crippen LogP contribution in [0.5, 0.6) is 5.75 Å². The molecule has 26 heavy (non-hydrogen) atoms. The fraction of sp³-hybridized carbons (Fsp3) is 0.400. The molecule has 140 valence electrons. The molecular formula is C20H26N2O3S. The maximum atomic E-state index is 12.5. The number of likely N-dealkylation sites (N-methyl/N-ethyl adjacent to an activating group) is 1. The molecule has 5 nitrogen and oxygen atoms in total. The number of benzene rings is 2. The van der Waals surface area contributed by atoms with Crippen molar-refractivity contribution in [2.45, 2.75) is 25.1 Å². The highest BCUT2D eigenvalue weighted by Gasteiger charge is 2.21. The number of ether oxygens (including phenoxy) is 1. The van der Waals surface area contributed by atoms with Crippen LogP contribution in [0.25, 0.3) is 0 Å². The van der Waals surface area contributed by atoms with Gasteiger partial charge in [0.05, 0.1) is 12.4 Å². The highest BCUT2D eigenvalue weighted by atomic mass is 32.2. The molecule has 0 fully saturated rings. The monoisotopic (exact) mass is 374 g/mol. The normalized spacial score (nSPS) is 14.9. The number of nitrogens with zero attached hydrogens (tertiary/aromatic N) is 1. The van der Waals surface area contributed by atoms with Gasteiger partial charge in [0.15, 0.2) is 0 Å². The smallest absolute Gasteiger partial charge is 0.215 e. The standard InChI is InChI=1S/C20H26N2O3S/c1-15-5-4-6-16(11-15)14-26(23,24)21-13-19(22(2)3)17-7-8-20-18(12-17)9-10-25-20/h4-8,11-12,19,21H,9-10,13-14H2,1-3H3. The third-order valence-electron chi connectivity index (χ3n) is 4.66. The number of fused-ring (bicyclic) bond motifs is 1. The molecule has 0 saturated heterocycles. The predicted octanol–water partition coefficient (Wildman–Crippen LogP) is 2.65. The minimum absolute atomic E-state index is 0.00709. The molecule has 2 aromatic carbocycles. The van der Waals surface area contributed by atoms with E-state index in [1.807, 2.05) is 62.3 Å². The zero-order chi connectivity index (χ0) is 18.7. The van der Waals surface area contributed by atoms with Gasteiger partial charge in [-0.1, -0.05) is 42.0 Å². The van der Waals surface area contributed by atoms with Crippen LogP contribution in [0.2, 0.25) is 0 Å². The maximum absolute atomic E-state index is 12.5. The van der Waals surface area contributed by atoms with Crippen molar-refractivity contribution < 1.29 is 13.2 Å². The van der Waals surface area contributed by atoms with Gasteiger partial charge in [-0.2, -0.15) is 0 Å². The molecule has 0 radical (unpaired) electrons. The Morgan fingerprint density at radius 1 is 1.19 bits per heavy atom. The molecule has 2 aromatic rings. The van der Waals surface area contributed by atoms with Gasteiger partial charge < -0.3 is 9.64 Å². The van der Waals surface area contributed by atoms with Gasteiger partial charge in [-0.25, -0.2) is 13.1 Å². The minimum Gasteiger partial charge on any atom is -0.493 e. The summed E-state index contributed by atoms with van der Waals surface area (Å²) in [5.74, 6) is 0.929. The molecule has 1 aliphatic rings. The lowest BCUT2D eigenvalue weighted by Gasteiger charge is -2.25. The molecular weight excluding hydrogens is 348 g/mol. The lowest BCUT2D eigenvalue weighted by atomic mass is 10.0. The molecule has 1 heterocycles. The molecule has 0 bridgehead atoms. The van der Waals surface area contributed by atoms with Crippen molar-refractivity contribution in [1.82, 2.24) is 9.62 Å². The number of sulfonamides is 1. The highest BCUT2D eigenvalue weighted by Crippen LogP contribution is 2.29. The summed E-state index contributed by atoms with van der Waals surface area (Å²) in [6, 6.07) is 13.7. The van der Waals surface area contributed by atoms with Crippen molar-refractivity contribution in [3.05, 3.63) is 64.7 Å². The second-order valence-corrected chi connectivity index (χ2v) is 8.85. The van der Waals surface area contributed by atoms with E-state index in [1.54, 1.807) is 0 Å². The Morgan fingerprint density at radius 2 is 2.00 bits per heavy atom. The second kappa shape index (κ2) is 7.78. The Hall–Kier alpha value is -1.89. The fourth-order valence-electron chi connectivity index (χ4n) is 3.29. The van der Waals surface area contributed by atoms with Crippen molar-refractivity contribution in [2.75, 3.05) is 27.2 Å². The van der Waals surface area contributed by atoms with Gasteiger partial charge in [-0.15, -0.1) is 0 Å². The molecule has 0 amide bonds. The van der Waals surface area contributed by atoms with Crippen molar-refractivity contribution in [3.63, 3.8) is 0 Å². The highest BCUT2D eigenvalue weighted by molar-refractivity contribution is 7.88. The van der Waals surface area contributed by atoms with E-state index >= 15 is 0 Å². The molecule has 0 spiro atoms. The summed E-state index contributed by atoms with van der Waals surface area (Å²) in [6.07, 6.45) is 0.905. The summed E-state index contributed by atoms with van der Waals surface area (Å²) >= 11 is 0. The van der Waals surface area contributed by atoms with Crippen molar-refractivity contribution in [2.24, 2.45) is 0 Å². The third-order valence-corrected chi connectivity index (χ3v) is 5.98. The summed E-state index contributed by atoms with van der Waals surface area (Å²) in [5, 5.41) is 0. The fourth-order valence-corrected chi connectivity index (χ4v) is 4.42. The number of hydrogen-bond acceptors (Lipinski definition) is 4. The summed E-state index contributed by atoms with van der Waals surface area (Å²) < 4.78 is 33.3. The number of hydrogen-bond donors (Lipinski definition) is 1. The first-order chi connectivity index (χ1) is 12.3. The zero-order valence-corrected chi connectivity index (χ0v) is 16.3. The molecule has 1 unspecified atom stereocenters. The van der Waals surface area contributed by atoms with E-state index in [4.69, 9.17) is 4.74 Å². The predicted molar refractivity (Wildman–Crippen MR) is 104 cm³/mol. The van der Waals surface area contributed by atoms with Gasteiger partial charge in [0.25, 0.3) is 0 Å². The largest absolute Gasteiger partial charge is 0.493 e. The molecule has 3 rings (SSSR count). The van der Waals surface area contributed by atoms with Crippen LogP contribution < -0.4 is 9.46 Å². The van der Waals surface area contributed by atoms with Crippen molar-refractivity contribution >= 4 is 10.0 Å². The van der Waals surface area contributed by atoms with Gasteiger partial charge in [0.1, 0.15) is 5.75 Å². The molecule has 6 heteroatoms. The van der Waals surface area contributed by atoms with Crippen LogP contribution in [0.4, 0.5) is 0 Å². The van der Waals surface area contributed by atoms with E-state index in [0.29, 0.717) is 13.2 Å². The molecule has 1 atom stereocenters.